The zero-order valence-electron chi connectivity index (χ0n) is 12.6. The van der Waals surface area contributed by atoms with E-state index in [0.717, 1.165) is 22.3 Å². The summed E-state index contributed by atoms with van der Waals surface area (Å²) in [6, 6.07) is 6.03. The van der Waals surface area contributed by atoms with Crippen molar-refractivity contribution in [3.63, 3.8) is 0 Å². The predicted molar refractivity (Wildman–Crippen MR) is 88.8 cm³/mol. The quantitative estimate of drug-likeness (QED) is 0.598. The Kier molecular flexibility index (Phi) is 5.73. The van der Waals surface area contributed by atoms with Crippen molar-refractivity contribution in [2.45, 2.75) is 52.0 Å². The normalized spacial score (nSPS) is 12.5. The minimum atomic E-state index is 0.278. The highest BCUT2D eigenvalue weighted by molar-refractivity contribution is 9.10. The summed E-state index contributed by atoms with van der Waals surface area (Å²) in [5, 5.41) is 12.2. The zero-order chi connectivity index (χ0) is 15.2. The highest BCUT2D eigenvalue weighted by atomic mass is 79.9. The van der Waals surface area contributed by atoms with Crippen molar-refractivity contribution in [3.05, 3.63) is 22.7 Å². The summed E-state index contributed by atoms with van der Waals surface area (Å²) in [6.07, 6.45) is 6.08. The molecular formula is C15H22BrN5. The monoisotopic (exact) mass is 351 g/mol. The fourth-order valence-corrected chi connectivity index (χ4v) is 2.82. The molecule has 2 rings (SSSR count). The molecule has 114 valence electrons. The van der Waals surface area contributed by atoms with Gasteiger partial charge in [0.15, 0.2) is 5.82 Å². The van der Waals surface area contributed by atoms with Crippen molar-refractivity contribution in [2.75, 3.05) is 5.73 Å². The number of aromatic nitrogens is 4. The maximum atomic E-state index is 5.94. The first-order chi connectivity index (χ1) is 10.1. The van der Waals surface area contributed by atoms with Gasteiger partial charge in [0.25, 0.3) is 0 Å². The van der Waals surface area contributed by atoms with Crippen molar-refractivity contribution >= 4 is 21.6 Å². The number of unbranched alkanes of at least 4 members (excludes halogenated alkanes) is 3. The van der Waals surface area contributed by atoms with E-state index in [1.165, 1.54) is 25.7 Å². The van der Waals surface area contributed by atoms with E-state index in [1.54, 1.807) is 0 Å². The van der Waals surface area contributed by atoms with Gasteiger partial charge in [0.2, 0.25) is 0 Å². The zero-order valence-corrected chi connectivity index (χ0v) is 14.2. The van der Waals surface area contributed by atoms with E-state index in [2.05, 4.69) is 45.3 Å². The van der Waals surface area contributed by atoms with E-state index in [4.69, 9.17) is 5.73 Å². The van der Waals surface area contributed by atoms with Crippen molar-refractivity contribution in [1.82, 2.24) is 20.2 Å². The molecule has 0 bridgehead atoms. The van der Waals surface area contributed by atoms with Crippen LogP contribution in [-0.2, 0) is 0 Å². The number of hydrogen-bond donors (Lipinski definition) is 1. The molecule has 1 aromatic heterocycles. The lowest BCUT2D eigenvalue weighted by molar-refractivity contribution is 0.430. The number of halogens is 1. The Morgan fingerprint density at radius 1 is 1.29 bits per heavy atom. The molecule has 6 heteroatoms. The number of hydrogen-bond acceptors (Lipinski definition) is 4. The van der Waals surface area contributed by atoms with E-state index in [-0.39, 0.29) is 6.04 Å². The third-order valence-electron chi connectivity index (χ3n) is 3.66. The van der Waals surface area contributed by atoms with Crippen LogP contribution in [0, 0.1) is 0 Å². The average molecular weight is 352 g/mol. The first-order valence-electron chi connectivity index (χ1n) is 7.47. The fraction of sp³-hybridized carbons (Fsp3) is 0.533. The lowest BCUT2D eigenvalue weighted by Crippen LogP contribution is -2.09. The van der Waals surface area contributed by atoms with Crippen LogP contribution in [0.2, 0.25) is 0 Å². The minimum Gasteiger partial charge on any atom is -0.398 e. The smallest absolute Gasteiger partial charge is 0.183 e. The molecule has 1 unspecified atom stereocenters. The summed E-state index contributed by atoms with van der Waals surface area (Å²) in [7, 11) is 0. The van der Waals surface area contributed by atoms with Crippen LogP contribution < -0.4 is 5.73 Å². The van der Waals surface area contributed by atoms with Crippen molar-refractivity contribution in [1.29, 1.82) is 0 Å². The van der Waals surface area contributed by atoms with Gasteiger partial charge in [-0.15, -0.1) is 5.10 Å². The van der Waals surface area contributed by atoms with Gasteiger partial charge in [-0.25, -0.2) is 4.68 Å². The van der Waals surface area contributed by atoms with Crippen LogP contribution in [-0.4, -0.2) is 20.2 Å². The highest BCUT2D eigenvalue weighted by Gasteiger charge is 2.17. The topological polar surface area (TPSA) is 69.6 Å². The molecule has 2 aromatic rings. The van der Waals surface area contributed by atoms with Crippen molar-refractivity contribution in [2.24, 2.45) is 0 Å². The Balaban J connectivity index is 2.16. The lowest BCUT2D eigenvalue weighted by Gasteiger charge is -2.14. The van der Waals surface area contributed by atoms with Gasteiger partial charge in [-0.2, -0.15) is 0 Å². The van der Waals surface area contributed by atoms with Crippen LogP contribution in [0.25, 0.3) is 11.4 Å². The van der Waals surface area contributed by atoms with Crippen LogP contribution in [0.15, 0.2) is 22.7 Å². The van der Waals surface area contributed by atoms with Crippen LogP contribution >= 0.6 is 15.9 Å². The molecular weight excluding hydrogens is 330 g/mol. The predicted octanol–water partition coefficient (Wildman–Crippen LogP) is 4.22. The molecule has 0 saturated heterocycles. The van der Waals surface area contributed by atoms with E-state index in [1.807, 2.05) is 22.9 Å². The summed E-state index contributed by atoms with van der Waals surface area (Å²) < 4.78 is 2.74. The molecule has 0 spiro atoms. The Bertz CT molecular complexity index is 581. The van der Waals surface area contributed by atoms with E-state index < -0.39 is 0 Å². The maximum absolute atomic E-state index is 5.94. The fourth-order valence-electron chi connectivity index (χ4n) is 2.38. The molecule has 21 heavy (non-hydrogen) atoms. The molecule has 0 amide bonds. The molecule has 0 saturated carbocycles. The first-order valence-corrected chi connectivity index (χ1v) is 8.26. The van der Waals surface area contributed by atoms with Crippen LogP contribution in [0.5, 0.6) is 0 Å². The van der Waals surface area contributed by atoms with Crippen LogP contribution in [0.4, 0.5) is 5.69 Å². The van der Waals surface area contributed by atoms with Crippen LogP contribution in [0.1, 0.15) is 52.0 Å². The Morgan fingerprint density at radius 2 is 2.10 bits per heavy atom. The van der Waals surface area contributed by atoms with Gasteiger partial charge in [-0.1, -0.05) is 38.7 Å². The van der Waals surface area contributed by atoms with E-state index in [9.17, 15) is 0 Å². The summed E-state index contributed by atoms with van der Waals surface area (Å²) in [6.45, 7) is 4.38. The number of anilines is 1. The number of benzene rings is 1. The number of tetrazole rings is 1. The van der Waals surface area contributed by atoms with Gasteiger partial charge >= 0.3 is 0 Å². The average Bonchev–Trinajstić information content (AvgIpc) is 2.95. The number of nitrogens with two attached hydrogens (primary N) is 1. The molecule has 1 atom stereocenters. The van der Waals surface area contributed by atoms with Gasteiger partial charge in [0.05, 0.1) is 10.5 Å². The molecule has 5 nitrogen and oxygen atoms in total. The summed E-state index contributed by atoms with van der Waals surface area (Å²) >= 11 is 3.52. The van der Waals surface area contributed by atoms with Crippen LogP contribution in [0.3, 0.4) is 0 Å². The standard InChI is InChI=1S/C15H22BrN5/c1-3-4-5-6-8-11(2)21-15(18-19-20-21)12-9-7-10-13(17)14(12)16/h7,9-11H,3-6,8,17H2,1-2H3. The largest absolute Gasteiger partial charge is 0.398 e. The van der Waals surface area contributed by atoms with Gasteiger partial charge in [-0.3, -0.25) is 0 Å². The Morgan fingerprint density at radius 3 is 2.86 bits per heavy atom. The molecule has 2 N–H and O–H groups in total. The Hall–Kier alpha value is -1.43. The second-order valence-electron chi connectivity index (χ2n) is 5.35. The molecule has 0 fully saturated rings. The van der Waals surface area contributed by atoms with Crippen molar-refractivity contribution in [3.8, 4) is 11.4 Å². The summed E-state index contributed by atoms with van der Waals surface area (Å²) in [4.78, 5) is 0. The summed E-state index contributed by atoms with van der Waals surface area (Å²) in [5.41, 5.74) is 7.56. The molecule has 0 radical (unpaired) electrons. The molecule has 0 aliphatic heterocycles. The molecule has 0 aliphatic rings. The lowest BCUT2D eigenvalue weighted by atomic mass is 10.1. The Labute approximate surface area is 134 Å². The van der Waals surface area contributed by atoms with Gasteiger partial charge < -0.3 is 5.73 Å². The van der Waals surface area contributed by atoms with Gasteiger partial charge in [-0.05, 0) is 51.8 Å². The second-order valence-corrected chi connectivity index (χ2v) is 6.15. The molecule has 1 aromatic carbocycles. The number of nitrogens with zero attached hydrogens (tertiary/aromatic N) is 4. The third-order valence-corrected chi connectivity index (χ3v) is 4.54. The minimum absolute atomic E-state index is 0.278. The molecule has 1 heterocycles. The van der Waals surface area contributed by atoms with Gasteiger partial charge in [0, 0.05) is 11.3 Å². The van der Waals surface area contributed by atoms with Crippen molar-refractivity contribution < 1.29 is 0 Å². The van der Waals surface area contributed by atoms with Gasteiger partial charge in [0.1, 0.15) is 0 Å². The first kappa shape index (κ1) is 15.9. The molecule has 0 aliphatic carbocycles. The second kappa shape index (κ2) is 7.54. The SMILES string of the molecule is CCCCCCC(C)n1nnnc1-c1cccc(N)c1Br. The third kappa shape index (κ3) is 3.81. The summed E-state index contributed by atoms with van der Waals surface area (Å²) in [5.74, 6) is 0.761. The van der Waals surface area contributed by atoms with E-state index >= 15 is 0 Å². The van der Waals surface area contributed by atoms with E-state index in [0.29, 0.717) is 5.69 Å². The highest BCUT2D eigenvalue weighted by Crippen LogP contribution is 2.32. The number of rotatable bonds is 7. The number of nitrogen functional groups attached to an aromatic ring is 1. The maximum Gasteiger partial charge on any atom is 0.183 e.